The second kappa shape index (κ2) is 6.59. The van der Waals surface area contributed by atoms with E-state index in [1.807, 2.05) is 0 Å². The number of fused-ring (bicyclic) bond motifs is 1. The summed E-state index contributed by atoms with van der Waals surface area (Å²) in [7, 11) is 0. The smallest absolute Gasteiger partial charge is 0.319 e. The van der Waals surface area contributed by atoms with E-state index >= 15 is 0 Å². The Kier molecular flexibility index (Phi) is 4.46. The number of nitrogens with one attached hydrogen (secondary N) is 2. The normalized spacial score (nSPS) is 13.6. The molecule has 0 fully saturated rings. The van der Waals surface area contributed by atoms with Gasteiger partial charge in [0.2, 0.25) is 0 Å². The number of aromatic nitrogens is 1. The van der Waals surface area contributed by atoms with E-state index < -0.39 is 11.6 Å². The Labute approximate surface area is 151 Å². The molecule has 7 heteroatoms. The molecular formula is C19H20N4O3. The van der Waals surface area contributed by atoms with Crippen LogP contribution in [0.4, 0.5) is 10.5 Å². The van der Waals surface area contributed by atoms with Crippen LogP contribution < -0.4 is 10.6 Å². The molecule has 0 saturated heterocycles. The van der Waals surface area contributed by atoms with Gasteiger partial charge in [-0.2, -0.15) is 0 Å². The van der Waals surface area contributed by atoms with Crippen molar-refractivity contribution < 1.29 is 14.4 Å². The zero-order valence-electron chi connectivity index (χ0n) is 14.9. The molecule has 0 spiro atoms. The lowest BCUT2D eigenvalue weighted by Crippen LogP contribution is -2.45. The fourth-order valence-electron chi connectivity index (χ4n) is 2.79. The molecule has 2 aromatic rings. The first-order valence-electron chi connectivity index (χ1n) is 8.24. The molecule has 0 bridgehead atoms. The molecule has 1 aliphatic heterocycles. The van der Waals surface area contributed by atoms with Crippen molar-refractivity contribution in [2.75, 3.05) is 5.32 Å². The zero-order chi connectivity index (χ0) is 18.9. The third kappa shape index (κ3) is 3.42. The molecule has 1 aromatic heterocycles. The minimum atomic E-state index is -0.608. The highest BCUT2D eigenvalue weighted by Gasteiger charge is 2.41. The number of urea groups is 1. The topological polar surface area (TPSA) is 91.4 Å². The van der Waals surface area contributed by atoms with Crippen molar-refractivity contribution in [3.05, 3.63) is 59.4 Å². The van der Waals surface area contributed by atoms with Crippen molar-refractivity contribution in [2.45, 2.75) is 32.9 Å². The maximum Gasteiger partial charge on any atom is 0.319 e. The third-order valence-corrected chi connectivity index (χ3v) is 4.02. The van der Waals surface area contributed by atoms with Gasteiger partial charge in [-0.05, 0) is 56.7 Å². The fourth-order valence-corrected chi connectivity index (χ4v) is 2.79. The van der Waals surface area contributed by atoms with Gasteiger partial charge in [-0.25, -0.2) is 4.79 Å². The monoisotopic (exact) mass is 352 g/mol. The Hall–Kier alpha value is -3.22. The van der Waals surface area contributed by atoms with Gasteiger partial charge in [0, 0.05) is 30.2 Å². The van der Waals surface area contributed by atoms with Crippen molar-refractivity contribution in [1.82, 2.24) is 15.2 Å². The van der Waals surface area contributed by atoms with E-state index in [1.165, 1.54) is 11.0 Å². The van der Waals surface area contributed by atoms with Crippen LogP contribution in [0.1, 0.15) is 47.1 Å². The first kappa shape index (κ1) is 17.6. The number of nitrogens with zero attached hydrogens (tertiary/aromatic N) is 2. The number of anilines is 1. The number of carbonyl (C=O) groups is 3. The average Bonchev–Trinajstić information content (AvgIpc) is 2.84. The maximum atomic E-state index is 12.6. The number of pyridine rings is 1. The molecule has 0 radical (unpaired) electrons. The minimum Gasteiger partial charge on any atom is -0.334 e. The number of amides is 4. The predicted octanol–water partition coefficient (Wildman–Crippen LogP) is 2.80. The van der Waals surface area contributed by atoms with E-state index in [1.54, 1.807) is 57.4 Å². The van der Waals surface area contributed by atoms with Crippen LogP contribution in [0.5, 0.6) is 0 Å². The van der Waals surface area contributed by atoms with Gasteiger partial charge < -0.3 is 10.6 Å². The van der Waals surface area contributed by atoms with Crippen LogP contribution in [0, 0.1) is 0 Å². The van der Waals surface area contributed by atoms with Crippen LogP contribution in [0.15, 0.2) is 42.7 Å². The maximum absolute atomic E-state index is 12.6. The van der Waals surface area contributed by atoms with Gasteiger partial charge in [-0.15, -0.1) is 0 Å². The van der Waals surface area contributed by atoms with E-state index in [4.69, 9.17) is 0 Å². The Morgan fingerprint density at radius 1 is 1.04 bits per heavy atom. The lowest BCUT2D eigenvalue weighted by Gasteiger charge is -2.29. The largest absolute Gasteiger partial charge is 0.334 e. The molecular weight excluding hydrogens is 332 g/mol. The molecule has 2 N–H and O–H groups in total. The summed E-state index contributed by atoms with van der Waals surface area (Å²) in [5.74, 6) is -0.662. The SMILES string of the molecule is CC(C)(C)N1C(=O)c2ccc(NC(=O)NCc3ccncc3)cc2C1=O. The molecule has 7 nitrogen and oxygen atoms in total. The number of benzene rings is 1. The standard InChI is InChI=1S/C19H20N4O3/c1-19(2,3)23-16(24)14-5-4-13(10-15(14)17(23)25)22-18(26)21-11-12-6-8-20-9-7-12/h4-10H,11H2,1-3H3,(H2,21,22,26). The van der Waals surface area contributed by atoms with Gasteiger partial charge >= 0.3 is 6.03 Å². The Morgan fingerprint density at radius 3 is 2.35 bits per heavy atom. The predicted molar refractivity (Wildman–Crippen MR) is 96.8 cm³/mol. The highest BCUT2D eigenvalue weighted by Crippen LogP contribution is 2.30. The molecule has 0 atom stereocenters. The van der Waals surface area contributed by atoms with E-state index in [-0.39, 0.29) is 11.8 Å². The highest BCUT2D eigenvalue weighted by molar-refractivity contribution is 6.22. The minimum absolute atomic E-state index is 0.303. The quantitative estimate of drug-likeness (QED) is 0.831. The lowest BCUT2D eigenvalue weighted by molar-refractivity contribution is 0.0507. The van der Waals surface area contributed by atoms with E-state index in [0.29, 0.717) is 23.4 Å². The third-order valence-electron chi connectivity index (χ3n) is 4.02. The number of rotatable bonds is 3. The van der Waals surface area contributed by atoms with Crippen LogP contribution in [0.25, 0.3) is 0 Å². The molecule has 0 unspecified atom stereocenters. The molecule has 1 aliphatic rings. The van der Waals surface area contributed by atoms with Gasteiger partial charge in [0.25, 0.3) is 11.8 Å². The van der Waals surface area contributed by atoms with Gasteiger partial charge in [0.1, 0.15) is 0 Å². The molecule has 26 heavy (non-hydrogen) atoms. The number of imide groups is 1. The molecule has 0 aliphatic carbocycles. The van der Waals surface area contributed by atoms with Gasteiger partial charge in [0.05, 0.1) is 11.1 Å². The van der Waals surface area contributed by atoms with Crippen molar-refractivity contribution in [3.8, 4) is 0 Å². The van der Waals surface area contributed by atoms with E-state index in [0.717, 1.165) is 5.56 Å². The molecule has 4 amide bonds. The van der Waals surface area contributed by atoms with Gasteiger partial charge in [-0.3, -0.25) is 19.5 Å². The summed E-state index contributed by atoms with van der Waals surface area (Å²) in [5.41, 5.74) is 1.42. The molecule has 1 aromatic carbocycles. The summed E-state index contributed by atoms with van der Waals surface area (Å²) in [4.78, 5) is 42.2. The summed E-state index contributed by atoms with van der Waals surface area (Å²) in [6.45, 7) is 5.77. The lowest BCUT2D eigenvalue weighted by atomic mass is 10.1. The Balaban J connectivity index is 1.71. The van der Waals surface area contributed by atoms with Gasteiger partial charge in [0.15, 0.2) is 0 Å². The summed E-state index contributed by atoms with van der Waals surface area (Å²) in [6, 6.07) is 7.93. The van der Waals surface area contributed by atoms with Crippen molar-refractivity contribution in [1.29, 1.82) is 0 Å². The van der Waals surface area contributed by atoms with E-state index in [2.05, 4.69) is 15.6 Å². The van der Waals surface area contributed by atoms with Crippen LogP contribution in [-0.2, 0) is 6.54 Å². The zero-order valence-corrected chi connectivity index (χ0v) is 14.9. The second-order valence-electron chi connectivity index (χ2n) is 7.04. The molecule has 134 valence electrons. The van der Waals surface area contributed by atoms with Gasteiger partial charge in [-0.1, -0.05) is 0 Å². The summed E-state index contributed by atoms with van der Waals surface area (Å²) in [6.07, 6.45) is 3.30. The number of carbonyl (C=O) groups excluding carboxylic acids is 3. The Morgan fingerprint density at radius 2 is 1.69 bits per heavy atom. The average molecular weight is 352 g/mol. The molecule has 2 heterocycles. The highest BCUT2D eigenvalue weighted by atomic mass is 16.2. The van der Waals surface area contributed by atoms with Crippen molar-refractivity contribution >= 4 is 23.5 Å². The first-order valence-corrected chi connectivity index (χ1v) is 8.24. The summed E-state index contributed by atoms with van der Waals surface area (Å²) in [5, 5.41) is 5.41. The first-order chi connectivity index (χ1) is 12.3. The fraction of sp³-hybridized carbons (Fsp3) is 0.263. The van der Waals surface area contributed by atoms with Crippen molar-refractivity contribution in [3.63, 3.8) is 0 Å². The summed E-state index contributed by atoms with van der Waals surface area (Å²) < 4.78 is 0. The van der Waals surface area contributed by atoms with Crippen LogP contribution >= 0.6 is 0 Å². The molecule has 3 rings (SSSR count). The molecule has 0 saturated carbocycles. The van der Waals surface area contributed by atoms with Crippen molar-refractivity contribution in [2.24, 2.45) is 0 Å². The van der Waals surface area contributed by atoms with Crippen LogP contribution in [0.3, 0.4) is 0 Å². The number of hydrogen-bond donors (Lipinski definition) is 2. The number of hydrogen-bond acceptors (Lipinski definition) is 4. The van der Waals surface area contributed by atoms with Crippen LogP contribution in [0.2, 0.25) is 0 Å². The Bertz CT molecular complexity index is 872. The van der Waals surface area contributed by atoms with E-state index in [9.17, 15) is 14.4 Å². The van der Waals surface area contributed by atoms with Crippen LogP contribution in [-0.4, -0.2) is 33.3 Å². The summed E-state index contributed by atoms with van der Waals surface area (Å²) >= 11 is 0. The second-order valence-corrected chi connectivity index (χ2v) is 7.04.